The van der Waals surface area contributed by atoms with E-state index in [0.29, 0.717) is 38.5 Å². The second-order valence-corrected chi connectivity index (χ2v) is 5.06. The zero-order chi connectivity index (χ0) is 12.4. The van der Waals surface area contributed by atoms with Crippen molar-refractivity contribution in [2.45, 2.75) is 12.8 Å². The summed E-state index contributed by atoms with van der Waals surface area (Å²) in [5, 5.41) is 1.29. The third-order valence-electron chi connectivity index (χ3n) is 2.28. The normalized spacial score (nSPS) is 11.1. The molecule has 0 atom stereocenters. The van der Waals surface area contributed by atoms with Crippen LogP contribution in [0, 0.1) is 0 Å². The monoisotopic (exact) mass is 308 g/mol. The molecule has 0 aliphatic heterocycles. The van der Waals surface area contributed by atoms with E-state index in [9.17, 15) is 0 Å². The van der Waals surface area contributed by atoms with Crippen LogP contribution in [0.4, 0.5) is 0 Å². The van der Waals surface area contributed by atoms with Gasteiger partial charge in [0.1, 0.15) is 0 Å². The summed E-state index contributed by atoms with van der Waals surface area (Å²) in [7, 11) is 0. The van der Waals surface area contributed by atoms with Crippen LogP contribution in [0.25, 0.3) is 11.0 Å². The fraction of sp³-hybridized carbons (Fsp3) is 0.273. The highest BCUT2D eigenvalue weighted by Gasteiger charge is 2.09. The van der Waals surface area contributed by atoms with E-state index in [1.165, 1.54) is 0 Å². The van der Waals surface area contributed by atoms with Crippen molar-refractivity contribution in [3.63, 3.8) is 0 Å². The van der Waals surface area contributed by atoms with Crippen LogP contribution in [-0.4, -0.2) is 15.8 Å². The Balaban J connectivity index is 2.51. The van der Waals surface area contributed by atoms with E-state index >= 15 is 0 Å². The van der Waals surface area contributed by atoms with Crippen molar-refractivity contribution in [1.29, 1.82) is 0 Å². The summed E-state index contributed by atoms with van der Waals surface area (Å²) < 4.78 is 0. The predicted octanol–water partition coefficient (Wildman–Crippen LogP) is 4.76. The van der Waals surface area contributed by atoms with Crippen molar-refractivity contribution in [3.05, 3.63) is 33.0 Å². The van der Waals surface area contributed by atoms with Crippen molar-refractivity contribution >= 4 is 57.4 Å². The molecule has 2 aromatic rings. The highest BCUT2D eigenvalue weighted by Crippen LogP contribution is 2.27. The molecule has 0 N–H and O–H groups in total. The van der Waals surface area contributed by atoms with E-state index in [-0.39, 0.29) is 0 Å². The van der Waals surface area contributed by atoms with Crippen LogP contribution in [-0.2, 0) is 6.42 Å². The molecule has 0 aliphatic carbocycles. The third kappa shape index (κ3) is 2.94. The smallest absolute Gasteiger partial charge is 0.151 e. The van der Waals surface area contributed by atoms with Crippen molar-refractivity contribution in [2.75, 3.05) is 5.88 Å². The molecule has 1 aromatic carbocycles. The molecule has 0 saturated carbocycles. The Hall–Kier alpha value is -0.280. The summed E-state index contributed by atoms with van der Waals surface area (Å²) in [6.07, 6.45) is 1.51. The predicted molar refractivity (Wildman–Crippen MR) is 73.6 cm³/mol. The first-order valence-electron chi connectivity index (χ1n) is 4.99. The van der Waals surface area contributed by atoms with Crippen molar-refractivity contribution in [2.24, 2.45) is 0 Å². The van der Waals surface area contributed by atoms with Crippen molar-refractivity contribution in [3.8, 4) is 0 Å². The summed E-state index contributed by atoms with van der Waals surface area (Å²) in [5.41, 5.74) is 2.06. The maximum absolute atomic E-state index is 6.04. The zero-order valence-corrected chi connectivity index (χ0v) is 11.7. The quantitative estimate of drug-likeness (QED) is 0.764. The topological polar surface area (TPSA) is 25.8 Å². The lowest BCUT2D eigenvalue weighted by Gasteiger charge is -2.05. The minimum Gasteiger partial charge on any atom is -0.248 e. The number of alkyl halides is 1. The standard InChI is InChI=1S/C11H8Cl4N2/c12-3-1-2-8-11(15)17-10-5-7(14)6(13)4-9(10)16-8/h4-5H,1-3H2. The van der Waals surface area contributed by atoms with E-state index in [2.05, 4.69) is 9.97 Å². The molecule has 0 radical (unpaired) electrons. The summed E-state index contributed by atoms with van der Waals surface area (Å²) >= 11 is 23.5. The molecule has 0 saturated heterocycles. The Bertz CT molecular complexity index is 557. The van der Waals surface area contributed by atoms with E-state index in [0.717, 1.165) is 12.1 Å². The molecule has 0 spiro atoms. The van der Waals surface area contributed by atoms with E-state index in [1.54, 1.807) is 12.1 Å². The second-order valence-electron chi connectivity index (χ2n) is 3.51. The van der Waals surface area contributed by atoms with E-state index in [4.69, 9.17) is 46.4 Å². The number of benzene rings is 1. The van der Waals surface area contributed by atoms with Gasteiger partial charge in [0, 0.05) is 5.88 Å². The minimum absolute atomic E-state index is 0.390. The van der Waals surface area contributed by atoms with Crippen molar-refractivity contribution in [1.82, 2.24) is 9.97 Å². The number of nitrogens with zero attached hydrogens (tertiary/aromatic N) is 2. The minimum atomic E-state index is 0.390. The van der Waals surface area contributed by atoms with Gasteiger partial charge in [-0.1, -0.05) is 34.8 Å². The SMILES string of the molecule is ClCCCc1nc2cc(Cl)c(Cl)cc2nc1Cl. The van der Waals surface area contributed by atoms with Gasteiger partial charge >= 0.3 is 0 Å². The van der Waals surface area contributed by atoms with Crippen LogP contribution in [0.15, 0.2) is 12.1 Å². The van der Waals surface area contributed by atoms with Crippen molar-refractivity contribution < 1.29 is 0 Å². The Morgan fingerprint density at radius 2 is 1.53 bits per heavy atom. The lowest BCUT2D eigenvalue weighted by molar-refractivity contribution is 0.887. The number of rotatable bonds is 3. The highest BCUT2D eigenvalue weighted by molar-refractivity contribution is 6.42. The molecule has 0 fully saturated rings. The summed E-state index contributed by atoms with van der Waals surface area (Å²) in [6.45, 7) is 0. The number of hydrogen-bond donors (Lipinski definition) is 0. The van der Waals surface area contributed by atoms with Crippen LogP contribution in [0.3, 0.4) is 0 Å². The number of aryl methyl sites for hydroxylation is 1. The van der Waals surface area contributed by atoms with Gasteiger partial charge in [-0.15, -0.1) is 11.6 Å². The van der Waals surface area contributed by atoms with Crippen LogP contribution in [0.2, 0.25) is 15.2 Å². The van der Waals surface area contributed by atoms with E-state index in [1.807, 2.05) is 0 Å². The van der Waals surface area contributed by atoms with Crippen LogP contribution in [0.1, 0.15) is 12.1 Å². The van der Waals surface area contributed by atoms with E-state index < -0.39 is 0 Å². The largest absolute Gasteiger partial charge is 0.248 e. The molecule has 1 heterocycles. The molecule has 0 aliphatic rings. The third-order valence-corrected chi connectivity index (χ3v) is 3.57. The molecule has 6 heteroatoms. The van der Waals surface area contributed by atoms with Crippen LogP contribution < -0.4 is 0 Å². The first kappa shape index (κ1) is 13.2. The first-order valence-corrected chi connectivity index (χ1v) is 6.66. The number of aromatic nitrogens is 2. The summed E-state index contributed by atoms with van der Waals surface area (Å²) in [4.78, 5) is 8.67. The van der Waals surface area contributed by atoms with Gasteiger partial charge in [0.2, 0.25) is 0 Å². The number of hydrogen-bond acceptors (Lipinski definition) is 2. The van der Waals surface area contributed by atoms with Gasteiger partial charge in [-0.05, 0) is 25.0 Å². The zero-order valence-electron chi connectivity index (χ0n) is 8.68. The molecule has 90 valence electrons. The van der Waals surface area contributed by atoms with Gasteiger partial charge in [-0.2, -0.15) is 0 Å². The molecule has 17 heavy (non-hydrogen) atoms. The van der Waals surface area contributed by atoms with Gasteiger partial charge < -0.3 is 0 Å². The first-order chi connectivity index (χ1) is 8.11. The summed E-state index contributed by atoms with van der Waals surface area (Å²) in [5.74, 6) is 0.567. The van der Waals surface area contributed by atoms with Gasteiger partial charge in [0.05, 0.1) is 26.8 Å². The Kier molecular flexibility index (Phi) is 4.31. The second kappa shape index (κ2) is 5.57. The fourth-order valence-electron chi connectivity index (χ4n) is 1.46. The molecule has 2 rings (SSSR count). The van der Waals surface area contributed by atoms with Crippen LogP contribution in [0.5, 0.6) is 0 Å². The molecule has 2 nitrogen and oxygen atoms in total. The molecular formula is C11H8Cl4N2. The average molecular weight is 310 g/mol. The maximum Gasteiger partial charge on any atom is 0.151 e. The lowest BCUT2D eigenvalue weighted by atomic mass is 10.2. The van der Waals surface area contributed by atoms with Gasteiger partial charge in [0.25, 0.3) is 0 Å². The molecule has 1 aromatic heterocycles. The van der Waals surface area contributed by atoms with Gasteiger partial charge in [0.15, 0.2) is 5.15 Å². The van der Waals surface area contributed by atoms with Crippen LogP contribution >= 0.6 is 46.4 Å². The molecular weight excluding hydrogens is 302 g/mol. The summed E-state index contributed by atoms with van der Waals surface area (Å²) in [6, 6.07) is 3.34. The Morgan fingerprint density at radius 3 is 2.12 bits per heavy atom. The number of fused-ring (bicyclic) bond motifs is 1. The lowest BCUT2D eigenvalue weighted by Crippen LogP contribution is -1.96. The highest BCUT2D eigenvalue weighted by atomic mass is 35.5. The Morgan fingerprint density at radius 1 is 0.941 bits per heavy atom. The maximum atomic E-state index is 6.04. The molecule has 0 amide bonds. The number of halogens is 4. The Labute approximate surface area is 119 Å². The molecule has 0 unspecified atom stereocenters. The fourth-order valence-corrected chi connectivity index (χ4v) is 2.14. The van der Waals surface area contributed by atoms with Gasteiger partial charge in [-0.25, -0.2) is 9.97 Å². The molecule has 0 bridgehead atoms. The average Bonchev–Trinajstić information content (AvgIpc) is 2.29. The van der Waals surface area contributed by atoms with Gasteiger partial charge in [-0.3, -0.25) is 0 Å².